The van der Waals surface area contributed by atoms with Gasteiger partial charge in [0.2, 0.25) is 17.6 Å². The number of carbonyl (C=O) groups is 4. The number of likely N-dealkylation sites (tertiary alicyclic amines) is 1. The van der Waals surface area contributed by atoms with E-state index in [1.54, 1.807) is 25.7 Å². The summed E-state index contributed by atoms with van der Waals surface area (Å²) in [5.41, 5.74) is 4.75. The number of Topliss-reactive ketones (excluding diaryl/α,β-unsaturated/α-hetero) is 1. The van der Waals surface area contributed by atoms with E-state index in [4.69, 9.17) is 5.73 Å². The summed E-state index contributed by atoms with van der Waals surface area (Å²) in [7, 11) is -3.51. The Morgan fingerprint density at radius 2 is 1.53 bits per heavy atom. The van der Waals surface area contributed by atoms with Crippen molar-refractivity contribution in [2.45, 2.75) is 171 Å². The van der Waals surface area contributed by atoms with Crippen molar-refractivity contribution in [2.24, 2.45) is 34.8 Å². The van der Waals surface area contributed by atoms with Gasteiger partial charge in [-0.15, -0.1) is 0 Å². The number of ketones is 1. The van der Waals surface area contributed by atoms with E-state index in [-0.39, 0.29) is 40.7 Å². The summed E-state index contributed by atoms with van der Waals surface area (Å²) in [6.07, 6.45) is 14.5. The Morgan fingerprint density at radius 3 is 2.10 bits per heavy atom. The fourth-order valence-electron chi connectivity index (χ4n) is 10.3. The molecule has 6 fully saturated rings. The van der Waals surface area contributed by atoms with Gasteiger partial charge in [0.25, 0.3) is 5.91 Å². The third-order valence-corrected chi connectivity index (χ3v) is 16.7. The molecule has 1 saturated heterocycles. The normalized spacial score (nSPS) is 29.5. The number of aliphatic hydroxyl groups excluding tert-OH is 1. The van der Waals surface area contributed by atoms with Gasteiger partial charge < -0.3 is 21.1 Å². The van der Waals surface area contributed by atoms with Crippen molar-refractivity contribution in [3.8, 4) is 0 Å². The molecule has 3 amide bonds. The van der Waals surface area contributed by atoms with Crippen LogP contribution in [0.2, 0.25) is 0 Å². The minimum Gasteiger partial charge on any atom is -0.365 e. The first-order chi connectivity index (χ1) is 24.0. The molecule has 12 nitrogen and oxygen atoms in total. The molecule has 0 radical (unpaired) electrons. The Hall–Kier alpha value is -2.09. The molecular weight excluding hydrogens is 671 g/mol. The van der Waals surface area contributed by atoms with Crippen LogP contribution in [0.5, 0.6) is 0 Å². The van der Waals surface area contributed by atoms with Crippen LogP contribution in [-0.2, 0) is 29.0 Å². The first kappa shape index (κ1) is 38.6. The Labute approximate surface area is 304 Å². The van der Waals surface area contributed by atoms with Crippen LogP contribution in [0, 0.1) is 29.1 Å². The smallest absolute Gasteiger partial charge is 0.287 e. The van der Waals surface area contributed by atoms with Crippen LogP contribution in [0.3, 0.4) is 0 Å². The number of fused-ring (bicyclic) bond motifs is 2. The third kappa shape index (κ3) is 8.21. The van der Waals surface area contributed by atoms with Crippen molar-refractivity contribution >= 4 is 33.3 Å². The van der Waals surface area contributed by atoms with Crippen molar-refractivity contribution in [3.05, 3.63) is 0 Å². The molecule has 288 valence electrons. The van der Waals surface area contributed by atoms with Crippen molar-refractivity contribution in [1.82, 2.24) is 20.9 Å². The maximum Gasteiger partial charge on any atom is 0.287 e. The molecule has 0 aromatic carbocycles. The van der Waals surface area contributed by atoms with Crippen molar-refractivity contribution in [3.63, 3.8) is 0 Å². The molecule has 5 saturated carbocycles. The van der Waals surface area contributed by atoms with Gasteiger partial charge in [-0.3, -0.25) is 29.8 Å². The van der Waals surface area contributed by atoms with Crippen LogP contribution < -0.4 is 21.7 Å². The van der Waals surface area contributed by atoms with Crippen LogP contribution in [0.25, 0.3) is 0 Å². The van der Waals surface area contributed by atoms with Gasteiger partial charge in [0.15, 0.2) is 16.2 Å². The highest BCUT2D eigenvalue weighted by Crippen LogP contribution is 2.66. The van der Waals surface area contributed by atoms with Crippen LogP contribution >= 0.6 is 0 Å². The molecule has 0 bridgehead atoms. The van der Waals surface area contributed by atoms with Crippen LogP contribution in [0.1, 0.15) is 136 Å². The van der Waals surface area contributed by atoms with E-state index in [0.717, 1.165) is 96.3 Å². The zero-order valence-electron chi connectivity index (χ0n) is 31.1. The van der Waals surface area contributed by atoms with Gasteiger partial charge >= 0.3 is 0 Å². The van der Waals surface area contributed by atoms with Crippen molar-refractivity contribution < 1.29 is 32.7 Å². The molecule has 51 heavy (non-hydrogen) atoms. The minimum absolute atomic E-state index is 0.0485. The first-order valence-corrected chi connectivity index (χ1v) is 21.6. The van der Waals surface area contributed by atoms with Crippen molar-refractivity contribution in [1.29, 1.82) is 0 Å². The second kappa shape index (κ2) is 15.0. The fourth-order valence-corrected chi connectivity index (χ4v) is 11.9. The van der Waals surface area contributed by atoms with Gasteiger partial charge in [-0.25, -0.2) is 8.42 Å². The largest absolute Gasteiger partial charge is 0.365 e. The predicted octanol–water partition coefficient (Wildman–Crippen LogP) is 3.05. The molecule has 1 heterocycles. The van der Waals surface area contributed by atoms with E-state index < -0.39 is 62.2 Å². The second-order valence-corrected chi connectivity index (χ2v) is 21.0. The first-order valence-electron chi connectivity index (χ1n) is 19.9. The monoisotopic (exact) mass is 733 g/mol. The highest BCUT2D eigenvalue weighted by atomic mass is 32.2. The number of nitrogens with zero attached hydrogens (tertiary/aromatic N) is 1. The lowest BCUT2D eigenvalue weighted by molar-refractivity contribution is -0.145. The average Bonchev–Trinajstić information content (AvgIpc) is 3.62. The molecule has 1 aliphatic heterocycles. The van der Waals surface area contributed by atoms with E-state index in [9.17, 15) is 32.7 Å². The van der Waals surface area contributed by atoms with Gasteiger partial charge in [0.05, 0.1) is 22.6 Å². The summed E-state index contributed by atoms with van der Waals surface area (Å²) < 4.78 is 26.0. The molecule has 6 rings (SSSR count). The lowest BCUT2D eigenvalue weighted by Gasteiger charge is -2.43. The molecule has 13 heteroatoms. The highest BCUT2D eigenvalue weighted by Gasteiger charge is 2.64. The Bertz CT molecular complexity index is 1430. The number of amides is 3. The second-order valence-electron chi connectivity index (χ2n) is 18.2. The lowest BCUT2D eigenvalue weighted by Crippen LogP contribution is -2.65. The molecule has 1 spiro atoms. The number of carbonyl (C=O) groups excluding carboxylic acids is 4. The van der Waals surface area contributed by atoms with E-state index in [2.05, 4.69) is 16.0 Å². The van der Waals surface area contributed by atoms with Gasteiger partial charge in [0, 0.05) is 12.1 Å². The van der Waals surface area contributed by atoms with Gasteiger partial charge in [-0.05, 0) is 108 Å². The molecule has 2 unspecified atom stereocenters. The number of hydrogen-bond donors (Lipinski definition) is 5. The number of hydrogen-bond acceptors (Lipinski definition) is 9. The molecule has 6 N–H and O–H groups in total. The average molecular weight is 734 g/mol. The Kier molecular flexibility index (Phi) is 11.3. The number of nitrogens with one attached hydrogen (secondary N) is 3. The quantitative estimate of drug-likeness (QED) is 0.132. The summed E-state index contributed by atoms with van der Waals surface area (Å²) >= 11 is 0. The molecule has 0 aromatic rings. The van der Waals surface area contributed by atoms with E-state index in [0.29, 0.717) is 25.8 Å². The molecule has 6 aliphatic rings. The van der Waals surface area contributed by atoms with Crippen LogP contribution in [0.15, 0.2) is 0 Å². The molecule has 0 aromatic heterocycles. The zero-order chi connectivity index (χ0) is 36.8. The Balaban J connectivity index is 1.25. The molecule has 6 atom stereocenters. The van der Waals surface area contributed by atoms with E-state index >= 15 is 0 Å². The number of sulfone groups is 1. The maximum atomic E-state index is 15.0. The number of aliphatic hydroxyl groups is 1. The fraction of sp³-hybridized carbons (Fsp3) is 0.895. The maximum absolute atomic E-state index is 15.0. The molecular formula is C38H63N5O7S. The number of primary amides is 1. The predicted molar refractivity (Wildman–Crippen MR) is 193 cm³/mol. The van der Waals surface area contributed by atoms with E-state index in [1.807, 2.05) is 0 Å². The van der Waals surface area contributed by atoms with Crippen molar-refractivity contribution in [2.75, 3.05) is 12.3 Å². The summed E-state index contributed by atoms with van der Waals surface area (Å²) in [5, 5.41) is 21.1. The van der Waals surface area contributed by atoms with E-state index in [1.165, 1.54) is 0 Å². The lowest BCUT2D eigenvalue weighted by atomic mass is 9.80. The summed E-state index contributed by atoms with van der Waals surface area (Å²) in [6.45, 7) is 5.55. The standard InChI is InChI=1S/C38H63N5O7S/c1-36(2,3)51(49,50)23-38(16-8-5-9-17-38)42-35(48)41-29(25-13-6-4-7-14-25)34(47)43-22-27-26(15-18-37(27)19-20-37)30(43)33(46)40-28(31(44)32(39)45)21-24-11-10-12-24/h24-30,35,41-42,48H,4-23H2,1-3H3,(H2,39,45)(H,40,46)/t26-,27-,28?,29-,30-,35?/m0/s1. The van der Waals surface area contributed by atoms with Gasteiger partial charge in [0.1, 0.15) is 6.04 Å². The zero-order valence-corrected chi connectivity index (χ0v) is 31.9. The number of rotatable bonds is 14. The summed E-state index contributed by atoms with van der Waals surface area (Å²) in [4.78, 5) is 56.0. The summed E-state index contributed by atoms with van der Waals surface area (Å²) in [5.74, 6) is -2.29. The highest BCUT2D eigenvalue weighted by molar-refractivity contribution is 7.92. The third-order valence-electron chi connectivity index (χ3n) is 13.9. The topological polar surface area (TPSA) is 188 Å². The minimum atomic E-state index is -3.51. The van der Waals surface area contributed by atoms with Crippen LogP contribution in [0.4, 0.5) is 0 Å². The van der Waals surface area contributed by atoms with Gasteiger partial charge in [-0.1, -0.05) is 57.8 Å². The van der Waals surface area contributed by atoms with Crippen LogP contribution in [-0.4, -0.2) is 89.0 Å². The Morgan fingerprint density at radius 1 is 0.882 bits per heavy atom. The molecule has 5 aliphatic carbocycles. The van der Waals surface area contributed by atoms with Gasteiger partial charge in [-0.2, -0.15) is 0 Å². The summed E-state index contributed by atoms with van der Waals surface area (Å²) in [6, 6.07) is -2.58. The number of nitrogens with two attached hydrogens (primary N) is 1. The SMILES string of the molecule is CC(C)(C)S(=O)(=O)CC1(NC(O)N[C@H](C(=O)N2C[C@H]3[C@H](CCC34CC4)[C@H]2C(=O)NC(CC2CCC2)C(=O)C(N)=O)C2CCCCC2)CCCCC1.